The predicted octanol–water partition coefficient (Wildman–Crippen LogP) is 5.96. The van der Waals surface area contributed by atoms with Gasteiger partial charge in [-0.05, 0) is 25.7 Å². The summed E-state index contributed by atoms with van der Waals surface area (Å²) in [5.41, 5.74) is 0. The molecule has 0 fully saturated rings. The molecule has 5 heteroatoms. The fraction of sp³-hybridized carbons (Fsp3) is 0.929. The van der Waals surface area contributed by atoms with Gasteiger partial charge in [0.15, 0.2) is 0 Å². The first kappa shape index (κ1) is 37.4. The summed E-state index contributed by atoms with van der Waals surface area (Å²) >= 11 is 0. The van der Waals surface area contributed by atoms with Gasteiger partial charge in [-0.25, -0.2) is 0 Å². The fourth-order valence-corrected chi connectivity index (χ4v) is 3.87. The summed E-state index contributed by atoms with van der Waals surface area (Å²) in [6, 6.07) is 0. The number of rotatable bonds is 24. The Morgan fingerprint density at radius 3 is 0.758 bits per heavy atom. The molecule has 196 valence electrons. The van der Waals surface area contributed by atoms with E-state index in [2.05, 4.69) is 13.8 Å². The average molecular weight is 664 g/mol. The molecule has 0 bridgehead atoms. The summed E-state index contributed by atoms with van der Waals surface area (Å²) in [6.45, 7) is 4.49. The van der Waals surface area contributed by atoms with Crippen LogP contribution in [0.2, 0.25) is 0 Å². The number of carboxylic acids is 2. The van der Waals surface area contributed by atoms with Gasteiger partial charge in [0, 0.05) is 11.9 Å². The quantitative estimate of drug-likeness (QED) is 0.0944. The molecule has 0 amide bonds. The Hall–Kier alpha value is -0.138. The van der Waals surface area contributed by atoms with Crippen LogP contribution in [0.3, 0.4) is 0 Å². The Morgan fingerprint density at radius 1 is 0.394 bits per heavy atom. The zero-order valence-corrected chi connectivity index (χ0v) is 27.8. The maximum absolute atomic E-state index is 10.1. The summed E-state index contributed by atoms with van der Waals surface area (Å²) in [5, 5.41) is 20.3. The zero-order valence-electron chi connectivity index (χ0n) is 22.3. The normalized spacial score (nSPS) is 10.2. The first-order chi connectivity index (χ1) is 15.5. The maximum atomic E-state index is 10.1. The van der Waals surface area contributed by atoms with E-state index in [0.717, 1.165) is 25.7 Å². The Kier molecular flexibility index (Phi) is 38.6. The van der Waals surface area contributed by atoms with Crippen LogP contribution in [0.25, 0.3) is 0 Å². The third-order valence-electron chi connectivity index (χ3n) is 5.97. The third kappa shape index (κ3) is 42.5. The molecule has 0 saturated carbocycles. The van der Waals surface area contributed by atoms with Crippen molar-refractivity contribution in [2.75, 3.05) is 0 Å². The van der Waals surface area contributed by atoms with E-state index in [1.165, 1.54) is 116 Å². The second kappa shape index (κ2) is 34.0. The molecule has 0 aromatic heterocycles. The molecule has 0 saturated heterocycles. The van der Waals surface area contributed by atoms with Gasteiger partial charge in [-0.2, -0.15) is 0 Å². The van der Waals surface area contributed by atoms with Crippen molar-refractivity contribution in [3.8, 4) is 0 Å². The number of unbranched alkanes of at least 4 members (excludes halogenated alkanes) is 20. The third-order valence-corrected chi connectivity index (χ3v) is 5.97. The van der Waals surface area contributed by atoms with E-state index in [-0.39, 0.29) is 40.1 Å². The standard InChI is InChI=1S/2C14H28O2.Pb.2H/c2*1-2-3-4-5-6-7-8-9-10-11-12-13-14(15)16;;;/h2*2-13H2,1H3,(H,15,16);;;/q;;+2;;/p-2. The van der Waals surface area contributed by atoms with Gasteiger partial charge in [0.1, 0.15) is 0 Å². The van der Waals surface area contributed by atoms with Crippen molar-refractivity contribution in [3.63, 3.8) is 0 Å². The average Bonchev–Trinajstić information content (AvgIpc) is 2.76. The SMILES string of the molecule is CCCCCCCCCCCCCC(=O)[O-].CCCCCCCCCCCCCC(=O)[O-].[PbH2+2]. The molecule has 0 spiro atoms. The molecule has 0 unspecified atom stereocenters. The van der Waals surface area contributed by atoms with Crippen LogP contribution in [0.4, 0.5) is 0 Å². The van der Waals surface area contributed by atoms with Crippen LogP contribution in [0, 0.1) is 0 Å². The van der Waals surface area contributed by atoms with Crippen molar-refractivity contribution in [2.24, 2.45) is 0 Å². The molecule has 0 aromatic carbocycles. The molecule has 0 aliphatic rings. The molecule has 0 rings (SSSR count). The molecule has 0 atom stereocenters. The first-order valence-electron chi connectivity index (χ1n) is 13.9. The van der Waals surface area contributed by atoms with Crippen LogP contribution >= 0.6 is 0 Å². The van der Waals surface area contributed by atoms with E-state index in [0.29, 0.717) is 0 Å². The number of aliphatic carboxylic acids is 2. The van der Waals surface area contributed by atoms with Crippen molar-refractivity contribution < 1.29 is 19.8 Å². The number of hydrogen-bond acceptors (Lipinski definition) is 4. The number of carboxylic acid groups (broad SMARTS) is 2. The Morgan fingerprint density at radius 2 is 0.576 bits per heavy atom. The minimum atomic E-state index is -0.907. The van der Waals surface area contributed by atoms with Gasteiger partial charge in [0.25, 0.3) is 0 Å². The Labute approximate surface area is 226 Å². The van der Waals surface area contributed by atoms with Gasteiger partial charge < -0.3 is 19.8 Å². The van der Waals surface area contributed by atoms with E-state index in [1.807, 2.05) is 0 Å². The molecule has 0 aromatic rings. The molecule has 0 N–H and O–H groups in total. The van der Waals surface area contributed by atoms with Crippen LogP contribution < -0.4 is 10.2 Å². The minimum absolute atomic E-state index is 0. The van der Waals surface area contributed by atoms with Crippen molar-refractivity contribution in [2.45, 2.75) is 168 Å². The van der Waals surface area contributed by atoms with Crippen LogP contribution in [0.1, 0.15) is 168 Å². The van der Waals surface area contributed by atoms with Crippen molar-refractivity contribution in [3.05, 3.63) is 0 Å². The summed E-state index contributed by atoms with van der Waals surface area (Å²) < 4.78 is 0. The molecule has 33 heavy (non-hydrogen) atoms. The Balaban J connectivity index is -0.000000529. The van der Waals surface area contributed by atoms with Gasteiger partial charge in [-0.1, -0.05) is 142 Å². The Bertz CT molecular complexity index is 352. The molecule has 4 nitrogen and oxygen atoms in total. The number of hydrogen-bond donors (Lipinski definition) is 0. The second-order valence-corrected chi connectivity index (χ2v) is 9.32. The van der Waals surface area contributed by atoms with Crippen molar-refractivity contribution in [1.82, 2.24) is 0 Å². The van der Waals surface area contributed by atoms with E-state index in [1.54, 1.807) is 0 Å². The fourth-order valence-electron chi connectivity index (χ4n) is 3.87. The summed E-state index contributed by atoms with van der Waals surface area (Å²) in [7, 11) is 0. The number of carbonyl (C=O) groups excluding carboxylic acids is 2. The summed E-state index contributed by atoms with van der Waals surface area (Å²) in [5.74, 6) is -1.81. The molecule has 0 aliphatic carbocycles. The van der Waals surface area contributed by atoms with Crippen LogP contribution in [-0.2, 0) is 9.59 Å². The van der Waals surface area contributed by atoms with E-state index < -0.39 is 11.9 Å². The zero-order chi connectivity index (χ0) is 24.1. The topological polar surface area (TPSA) is 80.3 Å². The van der Waals surface area contributed by atoms with Gasteiger partial charge in [0.2, 0.25) is 0 Å². The summed E-state index contributed by atoms with van der Waals surface area (Å²) in [6.07, 6.45) is 28.1. The van der Waals surface area contributed by atoms with Crippen molar-refractivity contribution >= 4 is 39.2 Å². The molecule has 0 heterocycles. The van der Waals surface area contributed by atoms with Gasteiger partial charge in [-0.15, -0.1) is 0 Å². The number of carbonyl (C=O) groups is 2. The van der Waals surface area contributed by atoms with Gasteiger partial charge in [-0.3, -0.25) is 0 Å². The molecular formula is C28H56O4Pb. The van der Waals surface area contributed by atoms with Crippen LogP contribution in [0.15, 0.2) is 0 Å². The molecule has 0 radical (unpaired) electrons. The molecular weight excluding hydrogens is 608 g/mol. The van der Waals surface area contributed by atoms with Gasteiger partial charge in [0.05, 0.1) is 0 Å². The van der Waals surface area contributed by atoms with E-state index >= 15 is 0 Å². The van der Waals surface area contributed by atoms with E-state index in [9.17, 15) is 19.8 Å². The monoisotopic (exact) mass is 664 g/mol. The summed E-state index contributed by atoms with van der Waals surface area (Å²) in [4.78, 5) is 20.3. The first-order valence-corrected chi connectivity index (χ1v) is 13.9. The molecule has 0 aliphatic heterocycles. The van der Waals surface area contributed by atoms with Crippen molar-refractivity contribution in [1.29, 1.82) is 0 Å². The van der Waals surface area contributed by atoms with Crippen LogP contribution in [0.5, 0.6) is 0 Å². The predicted molar refractivity (Wildman–Crippen MR) is 141 cm³/mol. The van der Waals surface area contributed by atoms with Crippen LogP contribution in [-0.4, -0.2) is 39.2 Å². The van der Waals surface area contributed by atoms with Gasteiger partial charge >= 0.3 is 27.3 Å². The second-order valence-electron chi connectivity index (χ2n) is 9.32. The van der Waals surface area contributed by atoms with E-state index in [4.69, 9.17) is 0 Å².